The Hall–Kier alpha value is -1.30. The summed E-state index contributed by atoms with van der Waals surface area (Å²) in [5.41, 5.74) is 8.98. The first-order valence-corrected chi connectivity index (χ1v) is 7.97. The van der Waals surface area contributed by atoms with E-state index in [2.05, 4.69) is 35.7 Å². The number of hydrogen-bond acceptors (Lipinski definition) is 5. The second-order valence-electron chi connectivity index (χ2n) is 4.63. The van der Waals surface area contributed by atoms with Crippen molar-refractivity contribution in [3.05, 3.63) is 48.0 Å². The van der Waals surface area contributed by atoms with Gasteiger partial charge in [0.05, 0.1) is 11.4 Å². The molecule has 0 aliphatic carbocycles. The van der Waals surface area contributed by atoms with Crippen LogP contribution < -0.4 is 11.0 Å². The predicted octanol–water partition coefficient (Wildman–Crippen LogP) is 4.38. The van der Waals surface area contributed by atoms with Gasteiger partial charge in [-0.15, -0.1) is 24.4 Å². The Morgan fingerprint density at radius 3 is 2.75 bits per heavy atom. The molecule has 0 unspecified atom stereocenters. The quantitative estimate of drug-likeness (QED) is 0.578. The monoisotopic (exact) mass is 304 g/mol. The van der Waals surface area contributed by atoms with Gasteiger partial charge in [-0.3, -0.25) is 0 Å². The molecule has 0 radical (unpaired) electrons. The van der Waals surface area contributed by atoms with E-state index in [1.165, 1.54) is 22.6 Å². The van der Waals surface area contributed by atoms with Crippen LogP contribution in [0.15, 0.2) is 52.3 Å². The average molecular weight is 304 g/mol. The van der Waals surface area contributed by atoms with Crippen LogP contribution in [0.25, 0.3) is 0 Å². The molecule has 2 aromatic rings. The van der Waals surface area contributed by atoms with Crippen molar-refractivity contribution in [2.45, 2.75) is 22.6 Å². The maximum atomic E-state index is 5.31. The maximum Gasteiger partial charge on any atom is 0.0640 e. The molecule has 0 saturated carbocycles. The molecule has 5 heteroatoms. The highest BCUT2D eigenvalue weighted by Gasteiger charge is 2.09. The fraction of sp³-hybridized carbons (Fsp3) is 0.200. The van der Waals surface area contributed by atoms with Crippen LogP contribution >= 0.6 is 24.4 Å². The Morgan fingerprint density at radius 1 is 1.05 bits per heavy atom. The molecular formula is C15H16N2OS2. The van der Waals surface area contributed by atoms with E-state index in [1.807, 2.05) is 42.1 Å². The number of fused-ring (bicyclic) bond motifs is 1. The minimum Gasteiger partial charge on any atom is -0.242 e. The van der Waals surface area contributed by atoms with Crippen molar-refractivity contribution in [2.24, 2.45) is 0 Å². The second-order valence-corrected chi connectivity index (χ2v) is 6.28. The Morgan fingerprint density at radius 2 is 1.90 bits per heavy atom. The number of anilines is 2. The van der Waals surface area contributed by atoms with Crippen molar-refractivity contribution in [3.63, 3.8) is 0 Å². The zero-order chi connectivity index (χ0) is 13.8. The first-order valence-electron chi connectivity index (χ1n) is 6.54. The van der Waals surface area contributed by atoms with Crippen molar-refractivity contribution >= 4 is 35.8 Å². The molecular weight excluding hydrogens is 288 g/mol. The fourth-order valence-electron chi connectivity index (χ4n) is 2.14. The van der Waals surface area contributed by atoms with E-state index < -0.39 is 0 Å². The highest BCUT2D eigenvalue weighted by atomic mass is 32.2. The third-order valence-corrected chi connectivity index (χ3v) is 4.57. The van der Waals surface area contributed by atoms with Crippen LogP contribution in [0, 0.1) is 0 Å². The Balaban J connectivity index is 1.58. The molecule has 0 spiro atoms. The minimum atomic E-state index is 0.860. The van der Waals surface area contributed by atoms with E-state index in [-0.39, 0.29) is 0 Å². The molecule has 20 heavy (non-hydrogen) atoms. The highest BCUT2D eigenvalue weighted by Crippen LogP contribution is 2.31. The van der Waals surface area contributed by atoms with Gasteiger partial charge in [-0.2, -0.15) is 4.94 Å². The first kappa shape index (κ1) is 13.7. The van der Waals surface area contributed by atoms with Crippen LogP contribution in [-0.2, 0) is 11.4 Å². The second kappa shape index (κ2) is 6.43. The lowest BCUT2D eigenvalue weighted by molar-refractivity contribution is 0.264. The summed E-state index contributed by atoms with van der Waals surface area (Å²) < 4.78 is 0. The maximum absolute atomic E-state index is 5.31. The summed E-state index contributed by atoms with van der Waals surface area (Å²) in [5.74, 6) is 1.22. The topological polar surface area (TPSA) is 33.3 Å². The zero-order valence-corrected chi connectivity index (χ0v) is 12.6. The van der Waals surface area contributed by atoms with E-state index in [0.29, 0.717) is 0 Å². The molecule has 0 fully saturated rings. The zero-order valence-electron chi connectivity index (χ0n) is 10.9. The Bertz CT molecular complexity index is 604. The summed E-state index contributed by atoms with van der Waals surface area (Å²) in [7, 11) is 0. The Labute approximate surface area is 128 Å². The molecule has 0 aromatic heterocycles. The van der Waals surface area contributed by atoms with Crippen molar-refractivity contribution in [1.82, 2.24) is 0 Å². The Kier molecular flexibility index (Phi) is 4.40. The van der Waals surface area contributed by atoms with Crippen LogP contribution in [0.4, 0.5) is 11.4 Å². The summed E-state index contributed by atoms with van der Waals surface area (Å²) in [6.07, 6.45) is 2.39. The summed E-state index contributed by atoms with van der Waals surface area (Å²) >= 11 is 6.21. The third-order valence-electron chi connectivity index (χ3n) is 3.09. The lowest BCUT2D eigenvalue weighted by atomic mass is 10.1. The van der Waals surface area contributed by atoms with Gasteiger partial charge in [0.25, 0.3) is 0 Å². The molecule has 0 saturated heterocycles. The van der Waals surface area contributed by atoms with Gasteiger partial charge in [0.15, 0.2) is 0 Å². The smallest absolute Gasteiger partial charge is 0.0640 e. The van der Waals surface area contributed by atoms with Crippen LogP contribution in [0.1, 0.15) is 12.0 Å². The average Bonchev–Trinajstić information content (AvgIpc) is 2.47. The number of aryl methyl sites for hydroxylation is 1. The van der Waals surface area contributed by atoms with Gasteiger partial charge < -0.3 is 0 Å². The van der Waals surface area contributed by atoms with Gasteiger partial charge in [-0.1, -0.05) is 6.07 Å². The number of thiol groups is 1. The minimum absolute atomic E-state index is 0.860. The van der Waals surface area contributed by atoms with Crippen molar-refractivity contribution < 1.29 is 4.94 Å². The standard InChI is InChI=1S/C15H16N2OS2/c19-14-5-1-4-12(10-14)16-18-17-13-6-7-15-11(9-13)3-2-8-20-15/h1,4-7,9-10,16-17,19H,2-3,8H2. The van der Waals surface area contributed by atoms with Crippen LogP contribution in [-0.4, -0.2) is 5.75 Å². The largest absolute Gasteiger partial charge is 0.242 e. The highest BCUT2D eigenvalue weighted by molar-refractivity contribution is 7.99. The lowest BCUT2D eigenvalue weighted by Gasteiger charge is -2.16. The van der Waals surface area contributed by atoms with Gasteiger partial charge in [-0.25, -0.2) is 11.0 Å². The SMILES string of the molecule is Sc1cccc(NONc2ccc3c(c2)CCCS3)c1. The number of hydrogen-bond donors (Lipinski definition) is 3. The molecule has 0 atom stereocenters. The van der Waals surface area contributed by atoms with E-state index in [4.69, 9.17) is 4.94 Å². The molecule has 1 aliphatic rings. The molecule has 1 heterocycles. The van der Waals surface area contributed by atoms with Gasteiger partial charge in [0, 0.05) is 9.79 Å². The van der Waals surface area contributed by atoms with E-state index >= 15 is 0 Å². The normalized spacial score (nSPS) is 13.7. The molecule has 2 aromatic carbocycles. The number of benzene rings is 2. The third kappa shape index (κ3) is 3.42. The molecule has 0 bridgehead atoms. The van der Waals surface area contributed by atoms with Gasteiger partial charge >= 0.3 is 0 Å². The number of thioether (sulfide) groups is 1. The molecule has 2 N–H and O–H groups in total. The van der Waals surface area contributed by atoms with E-state index in [9.17, 15) is 0 Å². The van der Waals surface area contributed by atoms with Crippen LogP contribution in [0.2, 0.25) is 0 Å². The summed E-state index contributed by atoms with van der Waals surface area (Å²) in [4.78, 5) is 7.59. The summed E-state index contributed by atoms with van der Waals surface area (Å²) in [6.45, 7) is 0. The molecule has 3 rings (SSSR count). The van der Waals surface area contributed by atoms with Gasteiger partial charge in [0.2, 0.25) is 0 Å². The predicted molar refractivity (Wildman–Crippen MR) is 87.5 cm³/mol. The molecule has 1 aliphatic heterocycles. The summed E-state index contributed by atoms with van der Waals surface area (Å²) in [6, 6.07) is 14.0. The summed E-state index contributed by atoms with van der Waals surface area (Å²) in [5, 5.41) is 0. The van der Waals surface area contributed by atoms with Crippen molar-refractivity contribution in [1.29, 1.82) is 0 Å². The number of nitrogens with one attached hydrogen (secondary N) is 2. The molecule has 104 valence electrons. The van der Waals surface area contributed by atoms with Crippen LogP contribution in [0.5, 0.6) is 0 Å². The lowest BCUT2D eigenvalue weighted by Crippen LogP contribution is -2.09. The van der Waals surface area contributed by atoms with Crippen LogP contribution in [0.3, 0.4) is 0 Å². The van der Waals surface area contributed by atoms with Crippen molar-refractivity contribution in [2.75, 3.05) is 16.7 Å². The first-order chi connectivity index (χ1) is 9.81. The van der Waals surface area contributed by atoms with Gasteiger partial charge in [0.1, 0.15) is 0 Å². The molecule has 3 nitrogen and oxygen atoms in total. The van der Waals surface area contributed by atoms with E-state index in [1.54, 1.807) is 0 Å². The van der Waals surface area contributed by atoms with E-state index in [0.717, 1.165) is 22.7 Å². The number of rotatable bonds is 4. The van der Waals surface area contributed by atoms with Crippen molar-refractivity contribution in [3.8, 4) is 0 Å². The fourth-order valence-corrected chi connectivity index (χ4v) is 3.38. The van der Waals surface area contributed by atoms with Gasteiger partial charge in [-0.05, 0) is 60.6 Å². The molecule has 0 amide bonds.